The van der Waals surface area contributed by atoms with Crippen molar-refractivity contribution in [2.45, 2.75) is 85.2 Å². The summed E-state index contributed by atoms with van der Waals surface area (Å²) in [5.41, 5.74) is 4.11. The number of pyridine rings is 1. The Morgan fingerprint density at radius 3 is 2.54 bits per heavy atom. The lowest BCUT2D eigenvalue weighted by atomic mass is 9.81. The summed E-state index contributed by atoms with van der Waals surface area (Å²) >= 11 is 0. The Morgan fingerprint density at radius 1 is 1.22 bits per heavy atom. The van der Waals surface area contributed by atoms with Gasteiger partial charge in [-0.2, -0.15) is 5.26 Å². The summed E-state index contributed by atoms with van der Waals surface area (Å²) in [7, 11) is 0. The van der Waals surface area contributed by atoms with Crippen LogP contribution in [0.5, 0.6) is 0 Å². The highest BCUT2D eigenvalue weighted by Gasteiger charge is 2.30. The fourth-order valence-electron chi connectivity index (χ4n) is 5.25. The minimum atomic E-state index is -0.528. The molecule has 1 heterocycles. The highest BCUT2D eigenvalue weighted by molar-refractivity contribution is 5.68. The summed E-state index contributed by atoms with van der Waals surface area (Å²) in [6, 6.07) is 9.16. The van der Waals surface area contributed by atoms with E-state index in [4.69, 9.17) is 0 Å². The van der Waals surface area contributed by atoms with Gasteiger partial charge in [0.05, 0.1) is 11.6 Å². The Labute approximate surface area is 222 Å². The molecule has 0 bridgehead atoms. The van der Waals surface area contributed by atoms with Crippen LogP contribution in [-0.2, 0) is 0 Å². The lowest BCUT2D eigenvalue weighted by Gasteiger charge is -2.37. The third kappa shape index (κ3) is 7.82. The number of halogens is 1. The van der Waals surface area contributed by atoms with Crippen LogP contribution in [0.25, 0.3) is 6.08 Å². The number of nitrogens with zero attached hydrogens (tertiary/aromatic N) is 2. The number of benzene rings is 1. The summed E-state index contributed by atoms with van der Waals surface area (Å²) in [5, 5.41) is 19.9. The van der Waals surface area contributed by atoms with Gasteiger partial charge in [-0.15, -0.1) is 0 Å². The quantitative estimate of drug-likeness (QED) is 0.306. The summed E-state index contributed by atoms with van der Waals surface area (Å²) in [5.74, 6) is 0.340. The van der Waals surface area contributed by atoms with Gasteiger partial charge in [-0.3, -0.25) is 0 Å². The zero-order valence-corrected chi connectivity index (χ0v) is 23.0. The maximum Gasteiger partial charge on any atom is 0.166 e. The van der Waals surface area contributed by atoms with E-state index in [1.54, 1.807) is 6.08 Å². The van der Waals surface area contributed by atoms with Crippen LogP contribution in [0, 0.1) is 35.4 Å². The van der Waals surface area contributed by atoms with Crippen LogP contribution in [0.4, 0.5) is 21.7 Å². The Hall–Kier alpha value is -3.33. The molecule has 5 nitrogen and oxygen atoms in total. The van der Waals surface area contributed by atoms with Gasteiger partial charge in [0.25, 0.3) is 0 Å². The molecule has 0 radical (unpaired) electrons. The zero-order chi connectivity index (χ0) is 27.2. The molecule has 1 aromatic carbocycles. The average molecular weight is 504 g/mol. The van der Waals surface area contributed by atoms with Crippen molar-refractivity contribution >= 4 is 23.4 Å². The van der Waals surface area contributed by atoms with Crippen molar-refractivity contribution in [3.05, 3.63) is 65.6 Å². The maximum atomic E-state index is 15.2. The number of allylic oxidation sites excluding steroid dienone is 1. The number of nitrogens with one attached hydrogen (secondary N) is 3. The first-order valence-corrected chi connectivity index (χ1v) is 13.3. The summed E-state index contributed by atoms with van der Waals surface area (Å²) in [6.45, 7) is 18.8. The Balaban J connectivity index is 1.90. The molecule has 3 N–H and O–H groups in total. The lowest BCUT2D eigenvalue weighted by molar-refractivity contribution is 0.280. The predicted molar refractivity (Wildman–Crippen MR) is 153 cm³/mol. The number of nitriles is 1. The molecule has 198 valence electrons. The normalized spacial score (nSPS) is 15.8. The minimum Gasteiger partial charge on any atom is -0.384 e. The molecular formula is C31H42FN5. The van der Waals surface area contributed by atoms with Crippen molar-refractivity contribution in [1.82, 2.24) is 10.3 Å². The van der Waals surface area contributed by atoms with Crippen LogP contribution >= 0.6 is 0 Å². The van der Waals surface area contributed by atoms with Gasteiger partial charge in [0.2, 0.25) is 0 Å². The van der Waals surface area contributed by atoms with E-state index in [0.29, 0.717) is 11.7 Å². The smallest absolute Gasteiger partial charge is 0.166 e. The van der Waals surface area contributed by atoms with Crippen LogP contribution < -0.4 is 16.0 Å². The lowest BCUT2D eigenvalue weighted by Crippen LogP contribution is -2.47. The van der Waals surface area contributed by atoms with E-state index in [1.807, 2.05) is 25.1 Å². The molecule has 0 saturated heterocycles. The molecule has 0 spiro atoms. The molecule has 1 aliphatic rings. The minimum absolute atomic E-state index is 0.0263. The number of anilines is 3. The van der Waals surface area contributed by atoms with Crippen molar-refractivity contribution in [1.29, 1.82) is 5.26 Å². The van der Waals surface area contributed by atoms with E-state index < -0.39 is 5.82 Å². The zero-order valence-electron chi connectivity index (χ0n) is 23.0. The van der Waals surface area contributed by atoms with Gasteiger partial charge in [0.15, 0.2) is 17.5 Å². The van der Waals surface area contributed by atoms with Crippen LogP contribution in [0.3, 0.4) is 0 Å². The molecule has 1 aromatic heterocycles. The van der Waals surface area contributed by atoms with Gasteiger partial charge in [-0.1, -0.05) is 65.3 Å². The molecule has 37 heavy (non-hydrogen) atoms. The Bertz CT molecular complexity index is 1150. The highest BCUT2D eigenvalue weighted by atomic mass is 19.1. The molecular weight excluding hydrogens is 461 g/mol. The third-order valence-corrected chi connectivity index (χ3v) is 7.03. The first kappa shape index (κ1) is 28.2. The number of aryl methyl sites for hydroxylation is 1. The monoisotopic (exact) mass is 503 g/mol. The third-order valence-electron chi connectivity index (χ3n) is 7.03. The summed E-state index contributed by atoms with van der Waals surface area (Å²) in [4.78, 5) is 4.58. The van der Waals surface area contributed by atoms with Gasteiger partial charge >= 0.3 is 0 Å². The second kappa shape index (κ2) is 12.3. The number of rotatable bonds is 10. The van der Waals surface area contributed by atoms with Crippen molar-refractivity contribution in [2.24, 2.45) is 11.3 Å². The second-order valence-electron chi connectivity index (χ2n) is 11.6. The van der Waals surface area contributed by atoms with Gasteiger partial charge in [-0.25, -0.2) is 9.37 Å². The topological polar surface area (TPSA) is 72.8 Å². The molecule has 6 heteroatoms. The molecule has 0 amide bonds. The molecule has 3 rings (SSSR count). The van der Waals surface area contributed by atoms with Gasteiger partial charge < -0.3 is 16.0 Å². The second-order valence-corrected chi connectivity index (χ2v) is 11.6. The largest absolute Gasteiger partial charge is 0.384 e. The summed E-state index contributed by atoms with van der Waals surface area (Å²) < 4.78 is 15.2. The van der Waals surface area contributed by atoms with E-state index in [9.17, 15) is 5.26 Å². The molecule has 1 fully saturated rings. The van der Waals surface area contributed by atoms with Crippen LogP contribution in [-0.4, -0.2) is 17.1 Å². The number of aromatic nitrogens is 1. The van der Waals surface area contributed by atoms with Crippen LogP contribution in [0.2, 0.25) is 0 Å². The van der Waals surface area contributed by atoms with Crippen molar-refractivity contribution in [3.8, 4) is 6.07 Å². The van der Waals surface area contributed by atoms with E-state index >= 15 is 4.39 Å². The fourth-order valence-corrected chi connectivity index (χ4v) is 5.25. The van der Waals surface area contributed by atoms with Crippen LogP contribution in [0.1, 0.15) is 82.9 Å². The van der Waals surface area contributed by atoms with E-state index in [0.717, 1.165) is 41.8 Å². The van der Waals surface area contributed by atoms with Crippen molar-refractivity contribution in [3.63, 3.8) is 0 Å². The fraction of sp³-hybridized carbons (Fsp3) is 0.484. The first-order valence-electron chi connectivity index (χ1n) is 13.3. The molecule has 2 unspecified atom stereocenters. The molecule has 1 aliphatic carbocycles. The Morgan fingerprint density at radius 2 is 1.92 bits per heavy atom. The van der Waals surface area contributed by atoms with Crippen molar-refractivity contribution < 1.29 is 4.39 Å². The van der Waals surface area contributed by atoms with Gasteiger partial charge in [-0.05, 0) is 73.8 Å². The SMILES string of the molecule is C=Cc1cc(Nc2nc(NC(C3CCCCC3)C(C)NC(=C)CC(C)(C)C)c(F)cc2C#N)ccc1C. The Kier molecular flexibility index (Phi) is 9.37. The standard InChI is InChI=1S/C31H42FN5/c1-8-23-16-26(15-14-20(23)2)35-29-25(19-33)17-27(32)30(37-29)36-28(24-12-10-9-11-13-24)22(4)34-21(3)18-31(5,6)7/h8,14-17,22,24,28,34H,1,3,9-13,18H2,2,4-7H3,(H2,35,36,37). The molecule has 2 atom stereocenters. The number of hydrogen-bond acceptors (Lipinski definition) is 5. The maximum absolute atomic E-state index is 15.2. The molecule has 0 aliphatic heterocycles. The number of hydrogen-bond donors (Lipinski definition) is 3. The molecule has 1 saturated carbocycles. The van der Waals surface area contributed by atoms with Crippen molar-refractivity contribution in [2.75, 3.05) is 10.6 Å². The molecule has 2 aromatic rings. The van der Waals surface area contributed by atoms with Gasteiger partial charge in [0, 0.05) is 17.4 Å². The average Bonchev–Trinajstić information content (AvgIpc) is 2.84. The van der Waals surface area contributed by atoms with E-state index in [1.165, 1.54) is 25.3 Å². The van der Waals surface area contributed by atoms with E-state index in [2.05, 4.69) is 67.9 Å². The summed E-state index contributed by atoms with van der Waals surface area (Å²) in [6.07, 6.45) is 8.41. The highest BCUT2D eigenvalue weighted by Crippen LogP contribution is 2.32. The van der Waals surface area contributed by atoms with E-state index in [-0.39, 0.29) is 28.9 Å². The van der Waals surface area contributed by atoms with Gasteiger partial charge in [0.1, 0.15) is 6.07 Å². The van der Waals surface area contributed by atoms with Crippen LogP contribution in [0.15, 0.2) is 43.1 Å². The predicted octanol–water partition coefficient (Wildman–Crippen LogP) is 8.08. The first-order chi connectivity index (χ1) is 17.5.